The van der Waals surface area contributed by atoms with Crippen LogP contribution in [-0.4, -0.2) is 18.9 Å². The van der Waals surface area contributed by atoms with E-state index in [1.807, 2.05) is 6.92 Å². The van der Waals surface area contributed by atoms with Crippen molar-refractivity contribution in [1.82, 2.24) is 0 Å². The third-order valence-corrected chi connectivity index (χ3v) is 9.23. The molecule has 1 saturated heterocycles. The average molecular weight is 256 g/mol. The van der Waals surface area contributed by atoms with Crippen LogP contribution in [0.5, 0.6) is 0 Å². The fourth-order valence-corrected chi connectivity index (χ4v) is 7.24. The van der Waals surface area contributed by atoms with Gasteiger partial charge in [-0.15, -0.1) is 0 Å². The summed E-state index contributed by atoms with van der Waals surface area (Å²) in [5.41, 5.74) is 0. The van der Waals surface area contributed by atoms with Crippen molar-refractivity contribution < 1.29 is 8.42 Å². The molecule has 2 nitrogen and oxygen atoms in total. The van der Waals surface area contributed by atoms with Gasteiger partial charge in [-0.3, -0.25) is 0 Å². The van der Waals surface area contributed by atoms with Crippen LogP contribution in [0.1, 0.15) is 46.5 Å². The maximum Gasteiger partial charge on any atom is 0.156 e. The second-order valence-corrected chi connectivity index (χ2v) is 9.53. The van der Waals surface area contributed by atoms with Crippen molar-refractivity contribution >= 4 is 9.84 Å². The highest BCUT2D eigenvalue weighted by molar-refractivity contribution is 7.93. The zero-order chi connectivity index (χ0) is 12.4. The Morgan fingerprint density at radius 2 is 1.82 bits per heavy atom. The average Bonchev–Trinajstić information content (AvgIpc) is 2.86. The van der Waals surface area contributed by atoms with Gasteiger partial charge in [0.25, 0.3) is 0 Å². The first-order valence-electron chi connectivity index (χ1n) is 7.09. The molecular formula is C14H24O2S. The van der Waals surface area contributed by atoms with Crippen molar-refractivity contribution in [2.24, 2.45) is 29.6 Å². The molecule has 1 aliphatic heterocycles. The number of rotatable bonds is 1. The number of sulfone groups is 1. The molecule has 0 N–H and O–H groups in total. The molecule has 0 aromatic rings. The van der Waals surface area contributed by atoms with Crippen molar-refractivity contribution in [3.8, 4) is 0 Å². The Morgan fingerprint density at radius 1 is 1.12 bits per heavy atom. The fourth-order valence-electron chi connectivity index (χ4n) is 5.06. The Morgan fingerprint density at radius 3 is 2.29 bits per heavy atom. The SMILES string of the molecule is CC1C2CC(C1C)C(C1(C)CCCS1(=O)=O)C2. The molecule has 2 aliphatic carbocycles. The van der Waals surface area contributed by atoms with E-state index in [4.69, 9.17) is 0 Å². The molecule has 3 aliphatic rings. The molecule has 1 heterocycles. The van der Waals surface area contributed by atoms with Gasteiger partial charge in [-0.1, -0.05) is 13.8 Å². The molecular weight excluding hydrogens is 232 g/mol. The fraction of sp³-hybridized carbons (Fsp3) is 1.00. The van der Waals surface area contributed by atoms with E-state index in [2.05, 4.69) is 13.8 Å². The molecule has 0 radical (unpaired) electrons. The van der Waals surface area contributed by atoms with E-state index < -0.39 is 9.84 Å². The standard InChI is InChI=1S/C14H24O2S/c1-9-10(2)12-7-11(9)8-13(12)14(3)5-4-6-17(14,15)16/h9-13H,4-8H2,1-3H3. The molecule has 0 aromatic carbocycles. The molecule has 0 spiro atoms. The van der Waals surface area contributed by atoms with E-state index in [0.717, 1.165) is 30.6 Å². The lowest BCUT2D eigenvalue weighted by atomic mass is 9.70. The van der Waals surface area contributed by atoms with Gasteiger partial charge >= 0.3 is 0 Å². The minimum absolute atomic E-state index is 0.388. The molecule has 2 saturated carbocycles. The van der Waals surface area contributed by atoms with Crippen LogP contribution >= 0.6 is 0 Å². The predicted molar refractivity (Wildman–Crippen MR) is 69.5 cm³/mol. The molecule has 6 unspecified atom stereocenters. The summed E-state index contributed by atoms with van der Waals surface area (Å²) in [5.74, 6) is 3.89. The summed E-state index contributed by atoms with van der Waals surface area (Å²) in [5, 5.41) is 0. The zero-order valence-electron chi connectivity index (χ0n) is 11.1. The molecule has 2 bridgehead atoms. The van der Waals surface area contributed by atoms with Gasteiger partial charge in [-0.2, -0.15) is 0 Å². The monoisotopic (exact) mass is 256 g/mol. The van der Waals surface area contributed by atoms with Gasteiger partial charge in [0, 0.05) is 0 Å². The van der Waals surface area contributed by atoms with Gasteiger partial charge in [-0.25, -0.2) is 8.42 Å². The highest BCUT2D eigenvalue weighted by Gasteiger charge is 2.59. The molecule has 0 amide bonds. The first-order valence-corrected chi connectivity index (χ1v) is 8.74. The van der Waals surface area contributed by atoms with Gasteiger partial charge < -0.3 is 0 Å². The first-order chi connectivity index (χ1) is 7.87. The van der Waals surface area contributed by atoms with Crippen LogP contribution < -0.4 is 0 Å². The van der Waals surface area contributed by atoms with Crippen molar-refractivity contribution in [3.05, 3.63) is 0 Å². The third-order valence-electron chi connectivity index (χ3n) is 6.48. The second kappa shape index (κ2) is 3.49. The summed E-state index contributed by atoms with van der Waals surface area (Å²) in [4.78, 5) is 0. The highest BCUT2D eigenvalue weighted by Crippen LogP contribution is 2.60. The summed E-state index contributed by atoms with van der Waals surface area (Å²) in [6.07, 6.45) is 4.25. The molecule has 98 valence electrons. The smallest absolute Gasteiger partial charge is 0.156 e. The Bertz CT molecular complexity index is 426. The topological polar surface area (TPSA) is 34.1 Å². The van der Waals surface area contributed by atoms with Crippen molar-refractivity contribution in [1.29, 1.82) is 0 Å². The molecule has 3 rings (SSSR count). The summed E-state index contributed by atoms with van der Waals surface area (Å²) in [6, 6.07) is 0. The van der Waals surface area contributed by atoms with Crippen LogP contribution in [0.3, 0.4) is 0 Å². The summed E-state index contributed by atoms with van der Waals surface area (Å²) in [6.45, 7) is 6.74. The van der Waals surface area contributed by atoms with E-state index in [0.29, 0.717) is 17.6 Å². The van der Waals surface area contributed by atoms with Crippen LogP contribution in [0.25, 0.3) is 0 Å². The van der Waals surface area contributed by atoms with Gasteiger partial charge in [0.15, 0.2) is 9.84 Å². The Hall–Kier alpha value is -0.0500. The number of fused-ring (bicyclic) bond motifs is 2. The largest absolute Gasteiger partial charge is 0.228 e. The Kier molecular flexibility index (Phi) is 2.47. The summed E-state index contributed by atoms with van der Waals surface area (Å²) < 4.78 is 24.3. The Labute approximate surface area is 105 Å². The second-order valence-electron chi connectivity index (χ2n) is 6.96. The van der Waals surface area contributed by atoms with Crippen LogP contribution in [0, 0.1) is 29.6 Å². The van der Waals surface area contributed by atoms with E-state index in [1.54, 1.807) is 0 Å². The van der Waals surface area contributed by atoms with Gasteiger partial charge in [-0.05, 0) is 62.2 Å². The van der Waals surface area contributed by atoms with Crippen molar-refractivity contribution in [2.45, 2.75) is 51.2 Å². The summed E-state index contributed by atoms with van der Waals surface area (Å²) in [7, 11) is -2.83. The van der Waals surface area contributed by atoms with E-state index in [9.17, 15) is 8.42 Å². The third kappa shape index (κ3) is 1.41. The van der Waals surface area contributed by atoms with E-state index in [-0.39, 0.29) is 4.75 Å². The van der Waals surface area contributed by atoms with Gasteiger partial charge in [0.05, 0.1) is 10.5 Å². The molecule has 3 heteroatoms. The quantitative estimate of drug-likeness (QED) is 0.723. The minimum atomic E-state index is -2.83. The predicted octanol–water partition coefficient (Wildman–Crippen LogP) is 2.88. The van der Waals surface area contributed by atoms with Gasteiger partial charge in [0.2, 0.25) is 0 Å². The first kappa shape index (κ1) is 12.0. The lowest BCUT2D eigenvalue weighted by Gasteiger charge is -2.40. The van der Waals surface area contributed by atoms with E-state index in [1.165, 1.54) is 12.8 Å². The Balaban J connectivity index is 1.93. The lowest BCUT2D eigenvalue weighted by molar-refractivity contribution is 0.154. The maximum absolute atomic E-state index is 12.3. The molecule has 6 atom stereocenters. The number of hydrogen-bond acceptors (Lipinski definition) is 2. The lowest BCUT2D eigenvalue weighted by Crippen LogP contribution is -2.44. The van der Waals surface area contributed by atoms with Gasteiger partial charge in [0.1, 0.15) is 0 Å². The highest BCUT2D eigenvalue weighted by atomic mass is 32.2. The van der Waals surface area contributed by atoms with Crippen molar-refractivity contribution in [3.63, 3.8) is 0 Å². The van der Waals surface area contributed by atoms with Crippen LogP contribution in [0.4, 0.5) is 0 Å². The van der Waals surface area contributed by atoms with E-state index >= 15 is 0 Å². The number of hydrogen-bond donors (Lipinski definition) is 0. The van der Waals surface area contributed by atoms with Crippen LogP contribution in [0.15, 0.2) is 0 Å². The maximum atomic E-state index is 12.3. The minimum Gasteiger partial charge on any atom is -0.228 e. The molecule has 17 heavy (non-hydrogen) atoms. The van der Waals surface area contributed by atoms with Crippen LogP contribution in [0.2, 0.25) is 0 Å². The van der Waals surface area contributed by atoms with Crippen LogP contribution in [-0.2, 0) is 9.84 Å². The summed E-state index contributed by atoms with van der Waals surface area (Å²) >= 11 is 0. The zero-order valence-corrected chi connectivity index (χ0v) is 12.0. The normalized spacial score (nSPS) is 56.5. The molecule has 0 aromatic heterocycles. The van der Waals surface area contributed by atoms with Crippen molar-refractivity contribution in [2.75, 3.05) is 5.75 Å². The molecule has 3 fully saturated rings.